The summed E-state index contributed by atoms with van der Waals surface area (Å²) in [6.07, 6.45) is 2.92. The molecule has 1 aromatic heterocycles. The maximum Gasteiger partial charge on any atom is 0.227 e. The van der Waals surface area contributed by atoms with Crippen molar-refractivity contribution in [2.75, 3.05) is 36.4 Å². The molecule has 1 fully saturated rings. The van der Waals surface area contributed by atoms with Crippen LogP contribution in [0.3, 0.4) is 0 Å². The number of aromatic nitrogens is 1. The maximum atomic E-state index is 12.7. The highest BCUT2D eigenvalue weighted by atomic mass is 35.5. The zero-order valence-corrected chi connectivity index (χ0v) is 18.1. The molecule has 2 heterocycles. The Morgan fingerprint density at radius 3 is 2.79 bits per heavy atom. The average Bonchev–Trinajstić information content (AvgIpc) is 3.16. The summed E-state index contributed by atoms with van der Waals surface area (Å²) < 4.78 is 0. The molecule has 8 heteroatoms. The summed E-state index contributed by atoms with van der Waals surface area (Å²) in [5, 5.41) is 4.62. The monoisotopic (exact) mass is 432 g/mol. The van der Waals surface area contributed by atoms with Crippen molar-refractivity contribution in [3.63, 3.8) is 0 Å². The van der Waals surface area contributed by atoms with E-state index in [-0.39, 0.29) is 17.7 Å². The van der Waals surface area contributed by atoms with Gasteiger partial charge in [-0.05, 0) is 37.5 Å². The second kappa shape index (κ2) is 8.71. The highest BCUT2D eigenvalue weighted by molar-refractivity contribution is 7.15. The van der Waals surface area contributed by atoms with Gasteiger partial charge in [0, 0.05) is 54.1 Å². The van der Waals surface area contributed by atoms with Crippen molar-refractivity contribution in [1.29, 1.82) is 0 Å². The summed E-state index contributed by atoms with van der Waals surface area (Å²) in [4.78, 5) is 34.8. The highest BCUT2D eigenvalue weighted by Gasteiger charge is 2.29. The number of nitrogens with zero attached hydrogens (tertiary/aromatic N) is 3. The van der Waals surface area contributed by atoms with Gasteiger partial charge in [-0.3, -0.25) is 9.59 Å². The first-order chi connectivity index (χ1) is 14.0. The average molecular weight is 433 g/mol. The Morgan fingerprint density at radius 2 is 2.07 bits per heavy atom. The van der Waals surface area contributed by atoms with Crippen molar-refractivity contribution in [1.82, 2.24) is 9.88 Å². The molecule has 2 aromatic rings. The molecule has 1 aliphatic carbocycles. The van der Waals surface area contributed by atoms with Crippen LogP contribution in [0.1, 0.15) is 30.3 Å². The van der Waals surface area contributed by atoms with Gasteiger partial charge in [0.15, 0.2) is 5.13 Å². The molecule has 29 heavy (non-hydrogen) atoms. The molecule has 1 N–H and O–H groups in total. The van der Waals surface area contributed by atoms with Crippen LogP contribution < -0.4 is 10.2 Å². The molecule has 2 amide bonds. The molecule has 0 radical (unpaired) electrons. The Labute approximate surface area is 179 Å². The van der Waals surface area contributed by atoms with Crippen molar-refractivity contribution >= 4 is 45.6 Å². The third-order valence-electron chi connectivity index (χ3n) is 5.60. The van der Waals surface area contributed by atoms with E-state index in [9.17, 15) is 9.59 Å². The number of rotatable bonds is 4. The fourth-order valence-electron chi connectivity index (χ4n) is 3.90. The fraction of sp³-hybridized carbons (Fsp3) is 0.476. The van der Waals surface area contributed by atoms with E-state index in [1.165, 1.54) is 4.88 Å². The number of carbonyl (C=O) groups is 2. The first-order valence-electron chi connectivity index (χ1n) is 10.1. The molecule has 1 unspecified atom stereocenters. The van der Waals surface area contributed by atoms with E-state index in [0.717, 1.165) is 62.0 Å². The molecule has 154 valence electrons. The minimum Gasteiger partial charge on any atom is -0.345 e. The zero-order valence-electron chi connectivity index (χ0n) is 16.5. The predicted octanol–water partition coefficient (Wildman–Crippen LogP) is 3.60. The molecular weight excluding hydrogens is 408 g/mol. The van der Waals surface area contributed by atoms with E-state index in [1.54, 1.807) is 23.5 Å². The first-order valence-corrected chi connectivity index (χ1v) is 11.3. The van der Waals surface area contributed by atoms with Crippen LogP contribution in [0.25, 0.3) is 0 Å². The highest BCUT2D eigenvalue weighted by Crippen LogP contribution is 2.35. The molecule has 4 rings (SSSR count). The molecular formula is C21H25ClN4O2S. The van der Waals surface area contributed by atoms with Gasteiger partial charge < -0.3 is 15.1 Å². The van der Waals surface area contributed by atoms with Crippen molar-refractivity contribution < 1.29 is 9.59 Å². The van der Waals surface area contributed by atoms with E-state index in [0.29, 0.717) is 11.4 Å². The summed E-state index contributed by atoms with van der Waals surface area (Å²) >= 11 is 7.71. The van der Waals surface area contributed by atoms with Crippen molar-refractivity contribution in [3.05, 3.63) is 39.9 Å². The summed E-state index contributed by atoms with van der Waals surface area (Å²) in [5.74, 6) is 0.213. The van der Waals surface area contributed by atoms with Crippen LogP contribution in [-0.4, -0.2) is 47.9 Å². The molecule has 1 saturated heterocycles. The Morgan fingerprint density at radius 1 is 1.28 bits per heavy atom. The molecule has 0 spiro atoms. The SMILES string of the molecule is CCC(=O)N1CCN(c2nc3c(s2)CC(C(=O)Nc2cccc(Cl)c2)CC3)CC1. The largest absolute Gasteiger partial charge is 0.345 e. The third-order valence-corrected chi connectivity index (χ3v) is 7.01. The van der Waals surface area contributed by atoms with E-state index in [4.69, 9.17) is 16.6 Å². The number of hydrogen-bond donors (Lipinski definition) is 1. The van der Waals surface area contributed by atoms with Gasteiger partial charge in [0.2, 0.25) is 11.8 Å². The van der Waals surface area contributed by atoms with Crippen LogP contribution in [0.4, 0.5) is 10.8 Å². The zero-order chi connectivity index (χ0) is 20.4. The summed E-state index contributed by atoms with van der Waals surface area (Å²) in [5.41, 5.74) is 1.86. The van der Waals surface area contributed by atoms with Gasteiger partial charge in [-0.2, -0.15) is 0 Å². The normalized spacial score (nSPS) is 19.0. The second-order valence-electron chi connectivity index (χ2n) is 7.53. The van der Waals surface area contributed by atoms with Gasteiger partial charge in [-0.15, -0.1) is 11.3 Å². The van der Waals surface area contributed by atoms with E-state index < -0.39 is 0 Å². The number of amides is 2. The number of anilines is 2. The lowest BCUT2D eigenvalue weighted by Gasteiger charge is -2.34. The van der Waals surface area contributed by atoms with Crippen LogP contribution in [-0.2, 0) is 22.4 Å². The molecule has 0 saturated carbocycles. The number of thiazole rings is 1. The number of nitrogens with one attached hydrogen (secondary N) is 1. The van der Waals surface area contributed by atoms with E-state index in [2.05, 4.69) is 10.2 Å². The molecule has 0 bridgehead atoms. The van der Waals surface area contributed by atoms with Crippen LogP contribution in [0.5, 0.6) is 0 Å². The van der Waals surface area contributed by atoms with Crippen molar-refractivity contribution in [2.24, 2.45) is 5.92 Å². The lowest BCUT2D eigenvalue weighted by Crippen LogP contribution is -2.48. The third kappa shape index (κ3) is 4.56. The number of hydrogen-bond acceptors (Lipinski definition) is 5. The number of halogens is 1. The Bertz CT molecular complexity index is 908. The lowest BCUT2D eigenvalue weighted by atomic mass is 9.90. The molecule has 2 aliphatic rings. The van der Waals surface area contributed by atoms with Gasteiger partial charge >= 0.3 is 0 Å². The molecule has 6 nitrogen and oxygen atoms in total. The topological polar surface area (TPSA) is 65.5 Å². The fourth-order valence-corrected chi connectivity index (χ4v) is 5.33. The molecule has 1 aromatic carbocycles. The number of aryl methyl sites for hydroxylation is 1. The minimum absolute atomic E-state index is 0.0413. The first kappa shape index (κ1) is 20.2. The van der Waals surface area contributed by atoms with E-state index in [1.807, 2.05) is 24.0 Å². The minimum atomic E-state index is -0.0474. The van der Waals surface area contributed by atoms with Crippen LogP contribution in [0.15, 0.2) is 24.3 Å². The molecule has 1 atom stereocenters. The smallest absolute Gasteiger partial charge is 0.227 e. The Kier molecular flexibility index (Phi) is 6.06. The quantitative estimate of drug-likeness (QED) is 0.801. The number of fused-ring (bicyclic) bond motifs is 1. The van der Waals surface area contributed by atoms with Crippen molar-refractivity contribution in [3.8, 4) is 0 Å². The summed E-state index contributed by atoms with van der Waals surface area (Å²) in [6.45, 7) is 5.04. The van der Waals surface area contributed by atoms with Gasteiger partial charge in [-0.1, -0.05) is 24.6 Å². The Balaban J connectivity index is 1.37. The van der Waals surface area contributed by atoms with Crippen molar-refractivity contribution in [2.45, 2.75) is 32.6 Å². The van der Waals surface area contributed by atoms with Crippen LogP contribution >= 0.6 is 22.9 Å². The standard InChI is InChI=1S/C21H25ClN4O2S/c1-2-19(27)25-8-10-26(11-9-25)21-24-17-7-6-14(12-18(17)29-21)20(28)23-16-5-3-4-15(22)13-16/h3-5,13-14H,2,6-12H2,1H3,(H,23,28). The lowest BCUT2D eigenvalue weighted by molar-refractivity contribution is -0.131. The van der Waals surface area contributed by atoms with Gasteiger partial charge in [-0.25, -0.2) is 4.98 Å². The maximum absolute atomic E-state index is 12.7. The van der Waals surface area contributed by atoms with E-state index >= 15 is 0 Å². The van der Waals surface area contributed by atoms with Gasteiger partial charge in [0.05, 0.1) is 5.69 Å². The summed E-state index contributed by atoms with van der Waals surface area (Å²) in [6, 6.07) is 7.24. The molecule has 1 aliphatic heterocycles. The number of benzene rings is 1. The Hall–Kier alpha value is -2.12. The van der Waals surface area contributed by atoms with Gasteiger partial charge in [0.25, 0.3) is 0 Å². The predicted molar refractivity (Wildman–Crippen MR) is 117 cm³/mol. The van der Waals surface area contributed by atoms with Gasteiger partial charge in [0.1, 0.15) is 0 Å². The number of carbonyl (C=O) groups excluding carboxylic acids is 2. The van der Waals surface area contributed by atoms with Crippen LogP contribution in [0.2, 0.25) is 5.02 Å². The second-order valence-corrected chi connectivity index (χ2v) is 9.03. The van der Waals surface area contributed by atoms with Crippen LogP contribution in [0, 0.1) is 5.92 Å². The number of piperazine rings is 1. The summed E-state index contributed by atoms with van der Waals surface area (Å²) in [7, 11) is 0.